The van der Waals surface area contributed by atoms with Crippen molar-refractivity contribution in [2.75, 3.05) is 25.6 Å². The highest BCUT2D eigenvalue weighted by Gasteiger charge is 2.40. The summed E-state index contributed by atoms with van der Waals surface area (Å²) >= 11 is 4.81. The number of ether oxygens (including phenoxy) is 3. The van der Waals surface area contributed by atoms with E-state index in [1.165, 1.54) is 18.4 Å². The highest BCUT2D eigenvalue weighted by molar-refractivity contribution is 9.11. The van der Waals surface area contributed by atoms with Crippen LogP contribution in [0.15, 0.2) is 9.85 Å². The zero-order valence-electron chi connectivity index (χ0n) is 13.8. The van der Waals surface area contributed by atoms with Crippen LogP contribution in [0.2, 0.25) is 0 Å². The Morgan fingerprint density at radius 2 is 1.96 bits per heavy atom. The number of halogens is 1. The first-order valence-corrected chi connectivity index (χ1v) is 9.65. The van der Waals surface area contributed by atoms with Gasteiger partial charge in [-0.25, -0.2) is 4.79 Å². The number of nitrogens with one attached hydrogen (secondary N) is 1. The Morgan fingerprint density at radius 3 is 2.52 bits per heavy atom. The van der Waals surface area contributed by atoms with Gasteiger partial charge in [-0.3, -0.25) is 0 Å². The van der Waals surface area contributed by atoms with Gasteiger partial charge in [-0.15, -0.1) is 11.3 Å². The van der Waals surface area contributed by atoms with Crippen molar-refractivity contribution >= 4 is 38.9 Å². The van der Waals surface area contributed by atoms with Gasteiger partial charge in [0.1, 0.15) is 4.88 Å². The fourth-order valence-electron chi connectivity index (χ4n) is 2.92. The first-order valence-electron chi connectivity index (χ1n) is 8.04. The molecule has 0 radical (unpaired) electrons. The third kappa shape index (κ3) is 4.47. The SMILES string of the molecule is CC.COC(=O)c1sc(Br)cc1NC1CCC2(CC1)OCCO2. The van der Waals surface area contributed by atoms with E-state index in [-0.39, 0.29) is 11.8 Å². The molecule has 1 saturated heterocycles. The van der Waals surface area contributed by atoms with E-state index >= 15 is 0 Å². The highest BCUT2D eigenvalue weighted by atomic mass is 79.9. The summed E-state index contributed by atoms with van der Waals surface area (Å²) in [4.78, 5) is 12.4. The lowest BCUT2D eigenvalue weighted by atomic mass is 9.90. The molecule has 3 rings (SSSR count). The summed E-state index contributed by atoms with van der Waals surface area (Å²) in [6, 6.07) is 2.26. The van der Waals surface area contributed by atoms with E-state index in [2.05, 4.69) is 21.2 Å². The minimum atomic E-state index is -0.349. The molecule has 1 spiro atoms. The first-order chi connectivity index (χ1) is 11.1. The molecule has 2 fully saturated rings. The minimum Gasteiger partial charge on any atom is -0.465 e. The Morgan fingerprint density at radius 1 is 1.35 bits per heavy atom. The molecule has 1 N–H and O–H groups in total. The second-order valence-electron chi connectivity index (χ2n) is 5.31. The molecule has 0 aromatic carbocycles. The average Bonchev–Trinajstić information content (AvgIpc) is 3.18. The number of carbonyl (C=O) groups is 1. The van der Waals surface area contributed by atoms with Crippen LogP contribution < -0.4 is 5.32 Å². The Labute approximate surface area is 149 Å². The summed E-state index contributed by atoms with van der Waals surface area (Å²) in [5.74, 6) is -0.651. The lowest BCUT2D eigenvalue weighted by Gasteiger charge is -2.35. The minimum absolute atomic E-state index is 0.303. The summed E-state index contributed by atoms with van der Waals surface area (Å²) < 4.78 is 17.2. The van der Waals surface area contributed by atoms with Crippen LogP contribution in [0, 0.1) is 0 Å². The molecule has 7 heteroatoms. The van der Waals surface area contributed by atoms with Gasteiger partial charge >= 0.3 is 5.97 Å². The molecular formula is C16H24BrNO4S. The fraction of sp³-hybridized carbons (Fsp3) is 0.688. The van der Waals surface area contributed by atoms with Gasteiger partial charge in [-0.2, -0.15) is 0 Å². The van der Waals surface area contributed by atoms with E-state index in [0.717, 1.165) is 35.2 Å². The number of anilines is 1. The maximum atomic E-state index is 11.8. The predicted octanol–water partition coefficient (Wildman–Crippen LogP) is 4.42. The number of hydrogen-bond donors (Lipinski definition) is 1. The molecule has 130 valence electrons. The summed E-state index contributed by atoms with van der Waals surface area (Å²) in [5.41, 5.74) is 0.841. The number of rotatable bonds is 3. The first kappa shape index (κ1) is 18.7. The van der Waals surface area contributed by atoms with Gasteiger partial charge in [-0.1, -0.05) is 13.8 Å². The van der Waals surface area contributed by atoms with E-state index in [9.17, 15) is 4.79 Å². The lowest BCUT2D eigenvalue weighted by Crippen LogP contribution is -2.39. The van der Waals surface area contributed by atoms with E-state index in [1.807, 2.05) is 19.9 Å². The molecule has 1 saturated carbocycles. The van der Waals surface area contributed by atoms with Crippen LogP contribution in [0.3, 0.4) is 0 Å². The van der Waals surface area contributed by atoms with Crippen LogP contribution in [0.4, 0.5) is 5.69 Å². The van der Waals surface area contributed by atoms with Crippen molar-refractivity contribution in [2.24, 2.45) is 0 Å². The standard InChI is InChI=1S/C14H18BrNO4S.C2H6/c1-18-13(17)12-10(8-11(15)21-12)16-9-2-4-14(5-3-9)19-6-7-20-14;1-2/h8-9,16H,2-7H2,1H3;1-2H3. The van der Waals surface area contributed by atoms with Gasteiger partial charge in [0.05, 0.1) is 29.8 Å². The van der Waals surface area contributed by atoms with Crippen LogP contribution in [-0.4, -0.2) is 38.1 Å². The topological polar surface area (TPSA) is 56.8 Å². The van der Waals surface area contributed by atoms with Crippen molar-refractivity contribution in [3.8, 4) is 0 Å². The van der Waals surface area contributed by atoms with Crippen molar-refractivity contribution in [3.05, 3.63) is 14.7 Å². The maximum absolute atomic E-state index is 11.8. The Kier molecular flexibility index (Phi) is 6.88. The molecular weight excluding hydrogens is 382 g/mol. The maximum Gasteiger partial charge on any atom is 0.350 e. The summed E-state index contributed by atoms with van der Waals surface area (Å²) in [7, 11) is 1.40. The van der Waals surface area contributed by atoms with E-state index < -0.39 is 0 Å². The van der Waals surface area contributed by atoms with Gasteiger partial charge in [0.15, 0.2) is 5.79 Å². The fourth-order valence-corrected chi connectivity index (χ4v) is 4.40. The van der Waals surface area contributed by atoms with Crippen molar-refractivity contribution in [2.45, 2.75) is 51.4 Å². The molecule has 1 aromatic rings. The quantitative estimate of drug-likeness (QED) is 0.754. The van der Waals surface area contributed by atoms with Crippen molar-refractivity contribution in [1.82, 2.24) is 0 Å². The largest absolute Gasteiger partial charge is 0.465 e. The molecule has 0 atom stereocenters. The molecule has 23 heavy (non-hydrogen) atoms. The monoisotopic (exact) mass is 405 g/mol. The number of thiophene rings is 1. The predicted molar refractivity (Wildman–Crippen MR) is 95.2 cm³/mol. The molecule has 1 aliphatic heterocycles. The molecule has 0 unspecified atom stereocenters. The van der Waals surface area contributed by atoms with Crippen LogP contribution in [0.1, 0.15) is 49.2 Å². The second kappa shape index (κ2) is 8.46. The van der Waals surface area contributed by atoms with Crippen LogP contribution >= 0.6 is 27.3 Å². The number of hydrogen-bond acceptors (Lipinski definition) is 6. The number of esters is 1. The smallest absolute Gasteiger partial charge is 0.350 e. The molecule has 5 nitrogen and oxygen atoms in total. The summed E-state index contributed by atoms with van der Waals surface area (Å²) in [6.07, 6.45) is 3.72. The normalized spacial score (nSPS) is 20.0. The van der Waals surface area contributed by atoms with E-state index in [4.69, 9.17) is 14.2 Å². The third-order valence-corrected chi connectivity index (χ3v) is 5.61. The summed E-state index contributed by atoms with van der Waals surface area (Å²) in [5, 5.41) is 3.46. The zero-order valence-corrected chi connectivity index (χ0v) is 16.2. The summed E-state index contributed by atoms with van der Waals surface area (Å²) in [6.45, 7) is 5.39. The zero-order chi connectivity index (χ0) is 16.9. The lowest BCUT2D eigenvalue weighted by molar-refractivity contribution is -0.177. The van der Waals surface area contributed by atoms with Gasteiger partial charge < -0.3 is 19.5 Å². The number of methoxy groups -OCH3 is 1. The highest BCUT2D eigenvalue weighted by Crippen LogP contribution is 2.38. The van der Waals surface area contributed by atoms with Crippen molar-refractivity contribution < 1.29 is 19.0 Å². The van der Waals surface area contributed by atoms with Gasteiger partial charge in [0, 0.05) is 18.9 Å². The van der Waals surface area contributed by atoms with Crippen molar-refractivity contribution in [3.63, 3.8) is 0 Å². The molecule has 1 aliphatic carbocycles. The van der Waals surface area contributed by atoms with Crippen LogP contribution in [-0.2, 0) is 14.2 Å². The molecule has 2 aliphatic rings. The molecule has 2 heterocycles. The van der Waals surface area contributed by atoms with Crippen LogP contribution in [0.5, 0.6) is 0 Å². The van der Waals surface area contributed by atoms with Gasteiger partial charge in [0.25, 0.3) is 0 Å². The van der Waals surface area contributed by atoms with E-state index in [0.29, 0.717) is 24.1 Å². The van der Waals surface area contributed by atoms with Gasteiger partial charge in [0.2, 0.25) is 0 Å². The molecule has 1 aromatic heterocycles. The van der Waals surface area contributed by atoms with Crippen molar-refractivity contribution in [1.29, 1.82) is 0 Å². The Bertz CT molecular complexity index is 518. The Balaban J connectivity index is 0.000000924. The Hall–Kier alpha value is -0.630. The molecule has 0 amide bonds. The van der Waals surface area contributed by atoms with Gasteiger partial charge in [-0.05, 0) is 34.8 Å². The third-order valence-electron chi connectivity index (χ3n) is 3.99. The molecule has 0 bridgehead atoms. The van der Waals surface area contributed by atoms with E-state index in [1.54, 1.807) is 0 Å². The average molecular weight is 406 g/mol. The van der Waals surface area contributed by atoms with Crippen LogP contribution in [0.25, 0.3) is 0 Å². The number of carbonyl (C=O) groups excluding carboxylic acids is 1. The second-order valence-corrected chi connectivity index (χ2v) is 7.74.